The minimum atomic E-state index is -0.499. The molecule has 0 spiro atoms. The standard InChI is InChI=1S/C18H24N2O3/c1-14-12-20(10-11-23-14)17(22)16(21)19-13-18(8-5-9-18)15-6-3-2-4-7-15/h2-4,6-7,14H,5,8-13H2,1H3,(H,19,21). The number of ether oxygens (including phenoxy) is 1. The number of nitrogens with zero attached hydrogens (tertiary/aromatic N) is 1. The van der Waals surface area contributed by atoms with Crippen LogP contribution < -0.4 is 5.32 Å². The van der Waals surface area contributed by atoms with Gasteiger partial charge in [-0.25, -0.2) is 0 Å². The van der Waals surface area contributed by atoms with Gasteiger partial charge in [0.2, 0.25) is 0 Å². The Kier molecular flexibility index (Phi) is 4.66. The van der Waals surface area contributed by atoms with E-state index >= 15 is 0 Å². The summed E-state index contributed by atoms with van der Waals surface area (Å²) in [6, 6.07) is 10.3. The van der Waals surface area contributed by atoms with Crippen molar-refractivity contribution in [3.63, 3.8) is 0 Å². The van der Waals surface area contributed by atoms with Crippen molar-refractivity contribution in [3.05, 3.63) is 35.9 Å². The average Bonchev–Trinajstić information content (AvgIpc) is 2.54. The molecule has 1 N–H and O–H groups in total. The number of carbonyl (C=O) groups is 2. The van der Waals surface area contributed by atoms with Crippen LogP contribution in [0.2, 0.25) is 0 Å². The van der Waals surface area contributed by atoms with Gasteiger partial charge in [-0.05, 0) is 25.3 Å². The third-order valence-corrected chi connectivity index (χ3v) is 5.01. The molecule has 124 valence electrons. The third kappa shape index (κ3) is 3.39. The first-order valence-electron chi connectivity index (χ1n) is 8.35. The number of carbonyl (C=O) groups excluding carboxylic acids is 2. The molecule has 0 radical (unpaired) electrons. The van der Waals surface area contributed by atoms with Crippen LogP contribution in [0.15, 0.2) is 30.3 Å². The van der Waals surface area contributed by atoms with Gasteiger partial charge >= 0.3 is 11.8 Å². The van der Waals surface area contributed by atoms with E-state index in [-0.39, 0.29) is 11.5 Å². The van der Waals surface area contributed by atoms with E-state index in [1.807, 2.05) is 25.1 Å². The van der Waals surface area contributed by atoms with Crippen LogP contribution in [0.5, 0.6) is 0 Å². The molecule has 1 saturated heterocycles. The topological polar surface area (TPSA) is 58.6 Å². The Labute approximate surface area is 137 Å². The molecule has 23 heavy (non-hydrogen) atoms. The average molecular weight is 316 g/mol. The summed E-state index contributed by atoms with van der Waals surface area (Å²) >= 11 is 0. The molecule has 2 fully saturated rings. The molecule has 1 aromatic rings. The number of hydrogen-bond acceptors (Lipinski definition) is 3. The molecule has 5 heteroatoms. The molecule has 5 nitrogen and oxygen atoms in total. The fraction of sp³-hybridized carbons (Fsp3) is 0.556. The normalized spacial score (nSPS) is 23.0. The quantitative estimate of drug-likeness (QED) is 0.859. The summed E-state index contributed by atoms with van der Waals surface area (Å²) in [5.41, 5.74) is 1.24. The van der Waals surface area contributed by atoms with E-state index < -0.39 is 11.8 Å². The Morgan fingerprint density at radius 2 is 2.04 bits per heavy atom. The highest BCUT2D eigenvalue weighted by molar-refractivity contribution is 6.35. The van der Waals surface area contributed by atoms with Crippen LogP contribution in [0.1, 0.15) is 31.7 Å². The lowest BCUT2D eigenvalue weighted by atomic mass is 9.64. The number of morpholine rings is 1. The van der Waals surface area contributed by atoms with Crippen molar-refractivity contribution < 1.29 is 14.3 Å². The second kappa shape index (κ2) is 6.71. The highest BCUT2D eigenvalue weighted by Crippen LogP contribution is 2.43. The van der Waals surface area contributed by atoms with E-state index in [0.717, 1.165) is 12.8 Å². The summed E-state index contributed by atoms with van der Waals surface area (Å²) in [5.74, 6) is -0.941. The molecule has 1 unspecified atom stereocenters. The van der Waals surface area contributed by atoms with Gasteiger partial charge in [0.15, 0.2) is 0 Å². The van der Waals surface area contributed by atoms with Crippen LogP contribution >= 0.6 is 0 Å². The first-order chi connectivity index (χ1) is 11.1. The molecular formula is C18H24N2O3. The lowest BCUT2D eigenvalue weighted by Crippen LogP contribution is -2.53. The zero-order valence-corrected chi connectivity index (χ0v) is 13.6. The number of nitrogens with one attached hydrogen (secondary N) is 1. The van der Waals surface area contributed by atoms with Crippen molar-refractivity contribution in [2.75, 3.05) is 26.2 Å². The Hall–Kier alpha value is -1.88. The Bertz CT molecular complexity index is 569. The molecule has 1 aliphatic heterocycles. The summed E-state index contributed by atoms with van der Waals surface area (Å²) in [5, 5.41) is 2.86. The maximum atomic E-state index is 12.3. The number of amides is 2. The molecule has 1 aliphatic carbocycles. The van der Waals surface area contributed by atoms with Gasteiger partial charge in [0.1, 0.15) is 0 Å². The van der Waals surface area contributed by atoms with E-state index in [4.69, 9.17) is 4.74 Å². The maximum absolute atomic E-state index is 12.3. The minimum absolute atomic E-state index is 0.00446. The maximum Gasteiger partial charge on any atom is 0.312 e. The van der Waals surface area contributed by atoms with Gasteiger partial charge in [-0.15, -0.1) is 0 Å². The highest BCUT2D eigenvalue weighted by Gasteiger charge is 2.39. The molecule has 2 aliphatic rings. The number of benzene rings is 1. The fourth-order valence-corrected chi connectivity index (χ4v) is 3.43. The summed E-state index contributed by atoms with van der Waals surface area (Å²) in [7, 11) is 0. The van der Waals surface area contributed by atoms with Crippen LogP contribution in [-0.4, -0.2) is 49.1 Å². The van der Waals surface area contributed by atoms with Crippen molar-refractivity contribution in [1.29, 1.82) is 0 Å². The van der Waals surface area contributed by atoms with Crippen molar-refractivity contribution in [2.24, 2.45) is 0 Å². The van der Waals surface area contributed by atoms with E-state index in [1.54, 1.807) is 4.90 Å². The summed E-state index contributed by atoms with van der Waals surface area (Å²) < 4.78 is 5.41. The van der Waals surface area contributed by atoms with Crippen LogP contribution in [0, 0.1) is 0 Å². The van der Waals surface area contributed by atoms with Gasteiger partial charge in [-0.2, -0.15) is 0 Å². The van der Waals surface area contributed by atoms with Crippen molar-refractivity contribution in [3.8, 4) is 0 Å². The van der Waals surface area contributed by atoms with Gasteiger partial charge in [-0.1, -0.05) is 36.8 Å². The van der Waals surface area contributed by atoms with Crippen LogP contribution in [0.3, 0.4) is 0 Å². The van der Waals surface area contributed by atoms with E-state index in [2.05, 4.69) is 17.4 Å². The Morgan fingerprint density at radius 1 is 1.30 bits per heavy atom. The molecule has 1 saturated carbocycles. The van der Waals surface area contributed by atoms with Gasteiger partial charge in [-0.3, -0.25) is 9.59 Å². The molecule has 2 amide bonds. The van der Waals surface area contributed by atoms with Crippen molar-refractivity contribution in [2.45, 2.75) is 37.7 Å². The molecule has 1 atom stereocenters. The second-order valence-electron chi connectivity index (χ2n) is 6.62. The van der Waals surface area contributed by atoms with Crippen LogP contribution in [-0.2, 0) is 19.7 Å². The molecular weight excluding hydrogens is 292 g/mol. The predicted octanol–water partition coefficient (Wildman–Crippen LogP) is 1.47. The smallest absolute Gasteiger partial charge is 0.312 e. The highest BCUT2D eigenvalue weighted by atomic mass is 16.5. The lowest BCUT2D eigenvalue weighted by molar-refractivity contribution is -0.150. The lowest BCUT2D eigenvalue weighted by Gasteiger charge is -2.42. The minimum Gasteiger partial charge on any atom is -0.375 e. The van der Waals surface area contributed by atoms with Crippen LogP contribution in [0.25, 0.3) is 0 Å². The molecule has 0 aromatic heterocycles. The second-order valence-corrected chi connectivity index (χ2v) is 6.62. The van der Waals surface area contributed by atoms with E-state index in [9.17, 15) is 9.59 Å². The first-order valence-corrected chi connectivity index (χ1v) is 8.35. The third-order valence-electron chi connectivity index (χ3n) is 5.01. The molecule has 1 heterocycles. The number of rotatable bonds is 3. The Morgan fingerprint density at radius 3 is 2.65 bits per heavy atom. The van der Waals surface area contributed by atoms with Crippen LogP contribution in [0.4, 0.5) is 0 Å². The van der Waals surface area contributed by atoms with Gasteiger partial charge < -0.3 is 15.0 Å². The Balaban J connectivity index is 1.58. The first kappa shape index (κ1) is 16.0. The molecule has 1 aromatic carbocycles. The summed E-state index contributed by atoms with van der Waals surface area (Å²) in [6.07, 6.45) is 3.27. The fourth-order valence-electron chi connectivity index (χ4n) is 3.43. The van der Waals surface area contributed by atoms with Gasteiger partial charge in [0.25, 0.3) is 0 Å². The van der Waals surface area contributed by atoms with E-state index in [1.165, 1.54) is 12.0 Å². The van der Waals surface area contributed by atoms with E-state index in [0.29, 0.717) is 26.2 Å². The van der Waals surface area contributed by atoms with Crippen molar-refractivity contribution in [1.82, 2.24) is 10.2 Å². The summed E-state index contributed by atoms with van der Waals surface area (Å²) in [6.45, 7) is 3.90. The summed E-state index contributed by atoms with van der Waals surface area (Å²) in [4.78, 5) is 26.1. The zero-order chi connectivity index (χ0) is 16.3. The molecule has 3 rings (SSSR count). The van der Waals surface area contributed by atoms with Gasteiger partial charge in [0.05, 0.1) is 12.7 Å². The largest absolute Gasteiger partial charge is 0.375 e. The zero-order valence-electron chi connectivity index (χ0n) is 13.6. The van der Waals surface area contributed by atoms with Crippen molar-refractivity contribution >= 4 is 11.8 Å². The number of hydrogen-bond donors (Lipinski definition) is 1. The van der Waals surface area contributed by atoms with Gasteiger partial charge in [0, 0.05) is 25.0 Å². The SMILES string of the molecule is CC1CN(C(=O)C(=O)NCC2(c3ccccc3)CCC2)CCO1. The predicted molar refractivity (Wildman–Crippen MR) is 87.0 cm³/mol. The molecule has 0 bridgehead atoms. The monoisotopic (exact) mass is 316 g/mol.